The molecule has 1 aliphatic rings. The minimum atomic E-state index is -0.149. The van der Waals surface area contributed by atoms with Gasteiger partial charge in [0, 0.05) is 6.42 Å². The molecule has 7 heteroatoms. The number of hydrogen-bond acceptors (Lipinski definition) is 6. The van der Waals surface area contributed by atoms with Gasteiger partial charge < -0.3 is 4.52 Å². The summed E-state index contributed by atoms with van der Waals surface area (Å²) in [5.74, 6) is 1.95. The van der Waals surface area contributed by atoms with Gasteiger partial charge in [-0.05, 0) is 42.2 Å². The van der Waals surface area contributed by atoms with Gasteiger partial charge in [-0.15, -0.1) is 0 Å². The zero-order chi connectivity index (χ0) is 22.7. The number of benzene rings is 2. The molecular formula is C25H26N4O2S. The van der Waals surface area contributed by atoms with E-state index >= 15 is 0 Å². The van der Waals surface area contributed by atoms with Gasteiger partial charge in [-0.1, -0.05) is 79.7 Å². The molecule has 4 rings (SSSR count). The molecule has 1 amide bonds. The van der Waals surface area contributed by atoms with Crippen molar-refractivity contribution in [1.82, 2.24) is 10.1 Å². The summed E-state index contributed by atoms with van der Waals surface area (Å²) >= 11 is 1.41. The topological polar surface area (TPSA) is 71.6 Å². The first-order valence-electron chi connectivity index (χ1n) is 10.7. The molecule has 0 saturated carbocycles. The van der Waals surface area contributed by atoms with Crippen LogP contribution in [0.5, 0.6) is 0 Å². The molecular weight excluding hydrogens is 420 g/mol. The lowest BCUT2D eigenvalue weighted by atomic mass is 10.0. The third-order valence-electron chi connectivity index (χ3n) is 5.18. The first-order chi connectivity index (χ1) is 15.4. The molecule has 0 spiro atoms. The molecule has 0 aliphatic carbocycles. The summed E-state index contributed by atoms with van der Waals surface area (Å²) in [5.41, 5.74) is 4.53. The fourth-order valence-corrected chi connectivity index (χ4v) is 4.12. The molecule has 0 radical (unpaired) electrons. The maximum atomic E-state index is 13.3. The zero-order valence-electron chi connectivity index (χ0n) is 18.7. The third-order valence-corrected chi connectivity index (χ3v) is 6.10. The van der Waals surface area contributed by atoms with Gasteiger partial charge >= 0.3 is 0 Å². The maximum absolute atomic E-state index is 13.3. The average molecular weight is 447 g/mol. The van der Waals surface area contributed by atoms with Crippen LogP contribution in [0, 0.1) is 6.92 Å². The average Bonchev–Trinajstić information content (AvgIpc) is 3.38. The molecule has 2 heterocycles. The van der Waals surface area contributed by atoms with E-state index in [0.29, 0.717) is 40.7 Å². The van der Waals surface area contributed by atoms with Gasteiger partial charge in [-0.25, -0.2) is 4.99 Å². The van der Waals surface area contributed by atoms with Crippen molar-refractivity contribution in [2.24, 2.45) is 4.99 Å². The Morgan fingerprint density at radius 3 is 2.44 bits per heavy atom. The van der Waals surface area contributed by atoms with Crippen molar-refractivity contribution in [2.45, 2.75) is 45.8 Å². The molecule has 0 N–H and O–H groups in total. The smallest absolute Gasteiger partial charge is 0.283 e. The SMILES string of the molecule is CCc1noc(CSC2=N/C(=C/c3ccc(C(C)C)cc3)C(=O)N2c2ccc(C)cc2)n1. The van der Waals surface area contributed by atoms with Gasteiger partial charge in [0.1, 0.15) is 5.70 Å². The van der Waals surface area contributed by atoms with E-state index in [9.17, 15) is 4.79 Å². The number of amides is 1. The highest BCUT2D eigenvalue weighted by atomic mass is 32.2. The van der Waals surface area contributed by atoms with Gasteiger partial charge in [-0.2, -0.15) is 4.98 Å². The third kappa shape index (κ3) is 4.83. The Bertz CT molecular complexity index is 1160. The number of aliphatic imine (C=N–C) groups is 1. The van der Waals surface area contributed by atoms with Gasteiger partial charge in [0.25, 0.3) is 5.91 Å². The first-order valence-corrected chi connectivity index (χ1v) is 11.7. The number of aryl methyl sites for hydroxylation is 2. The van der Waals surface area contributed by atoms with Crippen molar-refractivity contribution in [3.8, 4) is 0 Å². The van der Waals surface area contributed by atoms with Crippen molar-refractivity contribution in [3.05, 3.63) is 82.6 Å². The normalized spacial score (nSPS) is 15.2. The molecule has 0 atom stereocenters. The molecule has 0 fully saturated rings. The van der Waals surface area contributed by atoms with Gasteiger partial charge in [0.2, 0.25) is 5.89 Å². The van der Waals surface area contributed by atoms with Crippen LogP contribution in [0.1, 0.15) is 55.1 Å². The standard InChI is InChI=1S/C25H26N4O2S/c1-5-22-27-23(31-28-22)15-32-25-26-21(14-18-8-10-19(11-9-18)16(2)3)24(30)29(25)20-12-6-17(4)7-13-20/h6-14,16H,5,15H2,1-4H3/b21-14+. The van der Waals surface area contributed by atoms with Crippen molar-refractivity contribution >= 4 is 34.6 Å². The van der Waals surface area contributed by atoms with Gasteiger partial charge in [-0.3, -0.25) is 9.69 Å². The highest BCUT2D eigenvalue weighted by Crippen LogP contribution is 2.31. The summed E-state index contributed by atoms with van der Waals surface area (Å²) in [4.78, 5) is 24.0. The first kappa shape index (κ1) is 22.0. The molecule has 6 nitrogen and oxygen atoms in total. The molecule has 32 heavy (non-hydrogen) atoms. The maximum Gasteiger partial charge on any atom is 0.283 e. The van der Waals surface area contributed by atoms with E-state index in [4.69, 9.17) is 4.52 Å². The van der Waals surface area contributed by atoms with Crippen LogP contribution in [-0.4, -0.2) is 21.2 Å². The van der Waals surface area contributed by atoms with E-state index in [-0.39, 0.29) is 5.91 Å². The number of hydrogen-bond donors (Lipinski definition) is 0. The van der Waals surface area contributed by atoms with Crippen molar-refractivity contribution < 1.29 is 9.32 Å². The van der Waals surface area contributed by atoms with E-state index in [1.54, 1.807) is 4.90 Å². The molecule has 0 bridgehead atoms. The molecule has 1 aromatic heterocycles. The summed E-state index contributed by atoms with van der Waals surface area (Å²) in [7, 11) is 0. The lowest BCUT2D eigenvalue weighted by molar-refractivity contribution is -0.113. The lowest BCUT2D eigenvalue weighted by Crippen LogP contribution is -2.30. The monoisotopic (exact) mass is 446 g/mol. The quantitative estimate of drug-likeness (QED) is 0.452. The Balaban J connectivity index is 1.63. The second-order valence-corrected chi connectivity index (χ2v) is 8.91. The summed E-state index contributed by atoms with van der Waals surface area (Å²) in [6.45, 7) is 8.32. The van der Waals surface area contributed by atoms with Crippen LogP contribution in [0.2, 0.25) is 0 Å². The number of rotatable bonds is 6. The summed E-state index contributed by atoms with van der Waals surface area (Å²) in [6, 6.07) is 16.1. The Labute approximate surface area is 192 Å². The van der Waals surface area contributed by atoms with Crippen LogP contribution in [-0.2, 0) is 17.0 Å². The van der Waals surface area contributed by atoms with E-state index in [1.807, 2.05) is 56.3 Å². The van der Waals surface area contributed by atoms with Crippen molar-refractivity contribution in [3.63, 3.8) is 0 Å². The van der Waals surface area contributed by atoms with Crippen LogP contribution in [0.4, 0.5) is 5.69 Å². The van der Waals surface area contributed by atoms with Crippen LogP contribution in [0.3, 0.4) is 0 Å². The Morgan fingerprint density at radius 1 is 1.09 bits per heavy atom. The van der Waals surface area contributed by atoms with Crippen LogP contribution >= 0.6 is 11.8 Å². The number of anilines is 1. The zero-order valence-corrected chi connectivity index (χ0v) is 19.5. The number of carbonyl (C=O) groups is 1. The second kappa shape index (κ2) is 9.53. The fourth-order valence-electron chi connectivity index (χ4n) is 3.27. The van der Waals surface area contributed by atoms with Crippen LogP contribution < -0.4 is 4.90 Å². The van der Waals surface area contributed by atoms with Gasteiger partial charge in [0.15, 0.2) is 11.0 Å². The van der Waals surface area contributed by atoms with Crippen molar-refractivity contribution in [2.75, 3.05) is 4.90 Å². The lowest BCUT2D eigenvalue weighted by Gasteiger charge is -2.17. The molecule has 0 unspecified atom stereocenters. The molecule has 0 saturated heterocycles. The molecule has 2 aromatic carbocycles. The number of amidine groups is 1. The second-order valence-electron chi connectivity index (χ2n) is 7.97. The minimum absolute atomic E-state index is 0.149. The summed E-state index contributed by atoms with van der Waals surface area (Å²) in [6.07, 6.45) is 2.55. The predicted molar refractivity (Wildman–Crippen MR) is 130 cm³/mol. The number of thioether (sulfide) groups is 1. The van der Waals surface area contributed by atoms with E-state index in [0.717, 1.165) is 16.8 Å². The molecule has 1 aliphatic heterocycles. The Morgan fingerprint density at radius 2 is 1.81 bits per heavy atom. The van der Waals surface area contributed by atoms with Crippen LogP contribution in [0.25, 0.3) is 6.08 Å². The van der Waals surface area contributed by atoms with E-state index in [1.165, 1.54) is 17.3 Å². The van der Waals surface area contributed by atoms with Crippen molar-refractivity contribution in [1.29, 1.82) is 0 Å². The largest absolute Gasteiger partial charge is 0.338 e. The fraction of sp³-hybridized carbons (Fsp3) is 0.280. The Kier molecular flexibility index (Phi) is 6.55. The molecule has 3 aromatic rings. The predicted octanol–water partition coefficient (Wildman–Crippen LogP) is 5.74. The van der Waals surface area contributed by atoms with E-state index < -0.39 is 0 Å². The summed E-state index contributed by atoms with van der Waals surface area (Å²) in [5, 5.41) is 4.54. The number of nitrogens with zero attached hydrogens (tertiary/aromatic N) is 4. The summed E-state index contributed by atoms with van der Waals surface area (Å²) < 4.78 is 5.30. The van der Waals surface area contributed by atoms with E-state index in [2.05, 4.69) is 41.1 Å². The van der Waals surface area contributed by atoms with Gasteiger partial charge in [0.05, 0.1) is 11.4 Å². The Hall–Kier alpha value is -3.19. The number of carbonyl (C=O) groups excluding carboxylic acids is 1. The minimum Gasteiger partial charge on any atom is -0.338 e. The highest BCUT2D eigenvalue weighted by molar-refractivity contribution is 8.13. The number of aromatic nitrogens is 2. The highest BCUT2D eigenvalue weighted by Gasteiger charge is 2.32. The van der Waals surface area contributed by atoms with Crippen LogP contribution in [0.15, 0.2) is 63.7 Å². The molecule has 164 valence electrons.